The third-order valence-electron chi connectivity index (χ3n) is 4.26. The number of benzene rings is 1. The van der Waals surface area contributed by atoms with Crippen LogP contribution in [-0.2, 0) is 13.6 Å². The SMILES string of the molecule is CSCCCNC(=NCc1nnc(C)n1C)NCC(C)Oc1cccc(C)c1.I. The van der Waals surface area contributed by atoms with Gasteiger partial charge in [0, 0.05) is 13.6 Å². The van der Waals surface area contributed by atoms with Crippen LogP contribution < -0.4 is 15.4 Å². The first-order valence-corrected chi connectivity index (χ1v) is 11.0. The maximum absolute atomic E-state index is 6.00. The van der Waals surface area contributed by atoms with Crippen LogP contribution in [-0.4, -0.2) is 51.9 Å². The van der Waals surface area contributed by atoms with Gasteiger partial charge in [0.1, 0.15) is 24.2 Å². The second-order valence-corrected chi connectivity index (χ2v) is 7.77. The van der Waals surface area contributed by atoms with Gasteiger partial charge in [-0.25, -0.2) is 4.99 Å². The van der Waals surface area contributed by atoms with Crippen molar-refractivity contribution in [1.82, 2.24) is 25.4 Å². The third-order valence-corrected chi connectivity index (χ3v) is 4.96. The van der Waals surface area contributed by atoms with E-state index in [1.54, 1.807) is 0 Å². The number of ether oxygens (including phenoxy) is 1. The summed E-state index contributed by atoms with van der Waals surface area (Å²) in [6.07, 6.45) is 3.21. The summed E-state index contributed by atoms with van der Waals surface area (Å²) in [5, 5.41) is 15.0. The Balaban J connectivity index is 0.00000420. The quantitative estimate of drug-likeness (QED) is 0.212. The first kappa shape index (κ1) is 25.5. The first-order chi connectivity index (χ1) is 13.5. The van der Waals surface area contributed by atoms with Gasteiger partial charge in [0.25, 0.3) is 0 Å². The second-order valence-electron chi connectivity index (χ2n) is 6.79. The Morgan fingerprint density at radius 1 is 1.28 bits per heavy atom. The fourth-order valence-electron chi connectivity index (χ4n) is 2.54. The van der Waals surface area contributed by atoms with Crippen molar-refractivity contribution in [1.29, 1.82) is 0 Å². The van der Waals surface area contributed by atoms with Crippen LogP contribution in [0.25, 0.3) is 0 Å². The van der Waals surface area contributed by atoms with Crippen LogP contribution >= 0.6 is 35.7 Å². The zero-order valence-corrected chi connectivity index (χ0v) is 21.1. The molecule has 2 N–H and O–H groups in total. The predicted molar refractivity (Wildman–Crippen MR) is 133 cm³/mol. The molecule has 0 aliphatic carbocycles. The van der Waals surface area contributed by atoms with Crippen molar-refractivity contribution in [2.24, 2.45) is 12.0 Å². The van der Waals surface area contributed by atoms with Gasteiger partial charge in [-0.2, -0.15) is 11.8 Å². The van der Waals surface area contributed by atoms with Gasteiger partial charge in [0.15, 0.2) is 11.8 Å². The van der Waals surface area contributed by atoms with E-state index in [1.165, 1.54) is 5.56 Å². The minimum atomic E-state index is 0. The van der Waals surface area contributed by atoms with Crippen molar-refractivity contribution in [3.05, 3.63) is 41.5 Å². The standard InChI is InChI=1S/C20H32N6OS.HI/c1-15-8-6-9-18(12-15)27-16(2)13-22-20(21-10-7-11-28-5)23-14-19-25-24-17(3)26(19)4;/h6,8-9,12,16H,7,10-11,13-14H2,1-5H3,(H2,21,22,23);1H. The molecule has 1 heterocycles. The molecule has 0 saturated heterocycles. The van der Waals surface area contributed by atoms with Crippen molar-refractivity contribution in [2.45, 2.75) is 39.8 Å². The summed E-state index contributed by atoms with van der Waals surface area (Å²) < 4.78 is 7.96. The molecule has 0 aliphatic rings. The maximum atomic E-state index is 6.00. The molecule has 1 atom stereocenters. The number of hydrogen-bond acceptors (Lipinski definition) is 5. The van der Waals surface area contributed by atoms with E-state index < -0.39 is 0 Å². The van der Waals surface area contributed by atoms with Crippen LogP contribution in [0, 0.1) is 13.8 Å². The fraction of sp³-hybridized carbons (Fsp3) is 0.550. The van der Waals surface area contributed by atoms with Gasteiger partial charge < -0.3 is 19.9 Å². The molecule has 1 aromatic carbocycles. The van der Waals surface area contributed by atoms with Crippen molar-refractivity contribution < 1.29 is 4.74 Å². The Kier molecular flexibility index (Phi) is 12.1. The molecule has 2 rings (SSSR count). The lowest BCUT2D eigenvalue weighted by atomic mass is 10.2. The van der Waals surface area contributed by atoms with E-state index in [0.29, 0.717) is 13.1 Å². The highest BCUT2D eigenvalue weighted by Crippen LogP contribution is 2.13. The molecule has 0 bridgehead atoms. The van der Waals surface area contributed by atoms with E-state index in [2.05, 4.69) is 45.1 Å². The lowest BCUT2D eigenvalue weighted by Crippen LogP contribution is -2.42. The number of rotatable bonds is 10. The Morgan fingerprint density at radius 3 is 2.72 bits per heavy atom. The van der Waals surface area contributed by atoms with Gasteiger partial charge in [-0.3, -0.25) is 0 Å². The maximum Gasteiger partial charge on any atom is 0.191 e. The van der Waals surface area contributed by atoms with E-state index >= 15 is 0 Å². The molecule has 1 unspecified atom stereocenters. The fourth-order valence-corrected chi connectivity index (χ4v) is 2.97. The third kappa shape index (κ3) is 9.24. The summed E-state index contributed by atoms with van der Waals surface area (Å²) in [5.41, 5.74) is 1.19. The number of hydrogen-bond donors (Lipinski definition) is 2. The van der Waals surface area contributed by atoms with Gasteiger partial charge in [0.05, 0.1) is 6.54 Å². The molecule has 0 fully saturated rings. The zero-order valence-electron chi connectivity index (χ0n) is 17.9. The normalized spacial score (nSPS) is 12.2. The molecular weight excluding hydrogens is 499 g/mol. The Morgan fingerprint density at radius 2 is 2.07 bits per heavy atom. The van der Waals surface area contributed by atoms with Crippen LogP contribution in [0.2, 0.25) is 0 Å². The number of aliphatic imine (C=N–C) groups is 1. The number of aromatic nitrogens is 3. The number of nitrogens with one attached hydrogen (secondary N) is 2. The lowest BCUT2D eigenvalue weighted by Gasteiger charge is -2.18. The average Bonchev–Trinajstić information content (AvgIpc) is 2.98. The molecule has 0 amide bonds. The van der Waals surface area contributed by atoms with Crippen LogP contribution in [0.3, 0.4) is 0 Å². The highest BCUT2D eigenvalue weighted by molar-refractivity contribution is 14.0. The van der Waals surface area contributed by atoms with Gasteiger partial charge in [-0.1, -0.05) is 12.1 Å². The van der Waals surface area contributed by atoms with Crippen molar-refractivity contribution in [3.8, 4) is 5.75 Å². The van der Waals surface area contributed by atoms with Crippen molar-refractivity contribution >= 4 is 41.7 Å². The van der Waals surface area contributed by atoms with Gasteiger partial charge in [0.2, 0.25) is 0 Å². The molecule has 29 heavy (non-hydrogen) atoms. The largest absolute Gasteiger partial charge is 0.489 e. The zero-order chi connectivity index (χ0) is 20.4. The lowest BCUT2D eigenvalue weighted by molar-refractivity contribution is 0.223. The molecule has 1 aromatic heterocycles. The molecule has 9 heteroatoms. The topological polar surface area (TPSA) is 76.4 Å². The van der Waals surface area contributed by atoms with E-state index in [9.17, 15) is 0 Å². The highest BCUT2D eigenvalue weighted by atomic mass is 127. The summed E-state index contributed by atoms with van der Waals surface area (Å²) in [6.45, 7) is 8.05. The smallest absolute Gasteiger partial charge is 0.191 e. The summed E-state index contributed by atoms with van der Waals surface area (Å²) in [6, 6.07) is 8.10. The number of thioether (sulfide) groups is 1. The van der Waals surface area contributed by atoms with Crippen LogP contribution in [0.4, 0.5) is 0 Å². The Bertz CT molecular complexity index is 767. The first-order valence-electron chi connectivity index (χ1n) is 9.59. The predicted octanol–water partition coefficient (Wildman–Crippen LogP) is 3.31. The van der Waals surface area contributed by atoms with Gasteiger partial charge >= 0.3 is 0 Å². The summed E-state index contributed by atoms with van der Waals surface area (Å²) >= 11 is 1.85. The molecule has 162 valence electrons. The highest BCUT2D eigenvalue weighted by Gasteiger charge is 2.08. The molecule has 0 saturated carbocycles. The summed E-state index contributed by atoms with van der Waals surface area (Å²) in [4.78, 5) is 4.67. The summed E-state index contributed by atoms with van der Waals surface area (Å²) in [7, 11) is 1.96. The van der Waals surface area contributed by atoms with Gasteiger partial charge in [-0.05, 0) is 56.9 Å². The molecule has 0 spiro atoms. The Hall–Kier alpha value is -1.49. The monoisotopic (exact) mass is 532 g/mol. The van der Waals surface area contributed by atoms with Crippen molar-refractivity contribution in [3.63, 3.8) is 0 Å². The number of halogens is 1. The average molecular weight is 532 g/mol. The summed E-state index contributed by atoms with van der Waals surface area (Å²) in [5.74, 6) is 4.49. The number of aryl methyl sites for hydroxylation is 2. The minimum Gasteiger partial charge on any atom is -0.489 e. The second kappa shape index (κ2) is 13.7. The van der Waals surface area contributed by atoms with Gasteiger partial charge in [-0.15, -0.1) is 34.2 Å². The molecule has 7 nitrogen and oxygen atoms in total. The molecule has 0 aliphatic heterocycles. The number of guanidine groups is 1. The van der Waals surface area contributed by atoms with Crippen LogP contribution in [0.1, 0.15) is 30.6 Å². The van der Waals surface area contributed by atoms with E-state index in [4.69, 9.17) is 4.74 Å². The van der Waals surface area contributed by atoms with Crippen LogP contribution in [0.15, 0.2) is 29.3 Å². The van der Waals surface area contributed by atoms with E-state index in [0.717, 1.165) is 42.1 Å². The number of nitrogens with zero attached hydrogens (tertiary/aromatic N) is 4. The van der Waals surface area contributed by atoms with Crippen molar-refractivity contribution in [2.75, 3.05) is 25.1 Å². The molecule has 2 aromatic rings. The van der Waals surface area contributed by atoms with E-state index in [-0.39, 0.29) is 30.1 Å². The van der Waals surface area contributed by atoms with E-state index in [1.807, 2.05) is 55.4 Å². The molecule has 0 radical (unpaired) electrons. The molecular formula is C20H33IN6OS. The Labute approximate surface area is 195 Å². The minimum absolute atomic E-state index is 0. The van der Waals surface area contributed by atoms with Crippen LogP contribution in [0.5, 0.6) is 5.75 Å².